The van der Waals surface area contributed by atoms with E-state index >= 15 is 0 Å². The van der Waals surface area contributed by atoms with Crippen LogP contribution >= 0.6 is 0 Å². The zero-order valence-corrected chi connectivity index (χ0v) is 13.8. The van der Waals surface area contributed by atoms with Crippen LogP contribution in [0.3, 0.4) is 0 Å². The summed E-state index contributed by atoms with van der Waals surface area (Å²) in [7, 11) is 0. The van der Waals surface area contributed by atoms with Crippen LogP contribution in [0.15, 0.2) is 42.5 Å². The highest BCUT2D eigenvalue weighted by Crippen LogP contribution is 2.26. The molecule has 0 saturated carbocycles. The van der Waals surface area contributed by atoms with Gasteiger partial charge in [0.1, 0.15) is 11.5 Å². The van der Waals surface area contributed by atoms with Crippen LogP contribution in [0.4, 0.5) is 13.2 Å². The van der Waals surface area contributed by atoms with Gasteiger partial charge < -0.3 is 14.8 Å². The Morgan fingerprint density at radius 3 is 2.48 bits per heavy atom. The summed E-state index contributed by atoms with van der Waals surface area (Å²) < 4.78 is 46.4. The van der Waals surface area contributed by atoms with Crippen molar-refractivity contribution in [3.05, 3.63) is 59.2 Å². The van der Waals surface area contributed by atoms with Crippen LogP contribution in [-0.4, -0.2) is 18.9 Å². The molecule has 25 heavy (non-hydrogen) atoms. The van der Waals surface area contributed by atoms with E-state index < -0.39 is 12.3 Å². The van der Waals surface area contributed by atoms with Crippen LogP contribution in [0.25, 0.3) is 0 Å². The van der Waals surface area contributed by atoms with Crippen molar-refractivity contribution in [1.29, 1.82) is 0 Å². The van der Waals surface area contributed by atoms with Gasteiger partial charge >= 0.3 is 6.36 Å². The van der Waals surface area contributed by atoms with Crippen LogP contribution in [0, 0.1) is 13.8 Å². The molecule has 7 heteroatoms. The number of hydrogen-bond donors (Lipinski definition) is 1. The second-order valence-electron chi connectivity index (χ2n) is 5.47. The maximum absolute atomic E-state index is 12.4. The SMILES string of the molecule is Cc1ccc(OCC(=O)NCc2ccccc2OC(F)(F)F)cc1C. The van der Waals surface area contributed by atoms with Crippen molar-refractivity contribution < 1.29 is 27.4 Å². The minimum absolute atomic E-state index is 0.0959. The highest BCUT2D eigenvalue weighted by Gasteiger charge is 2.31. The Morgan fingerprint density at radius 1 is 1.08 bits per heavy atom. The maximum atomic E-state index is 12.4. The summed E-state index contributed by atoms with van der Waals surface area (Å²) in [5.74, 6) is -0.232. The number of carbonyl (C=O) groups is 1. The van der Waals surface area contributed by atoms with E-state index in [1.54, 1.807) is 12.1 Å². The van der Waals surface area contributed by atoms with E-state index in [1.165, 1.54) is 18.2 Å². The molecule has 0 saturated heterocycles. The van der Waals surface area contributed by atoms with E-state index in [-0.39, 0.29) is 24.5 Å². The fraction of sp³-hybridized carbons (Fsp3) is 0.278. The molecule has 0 aromatic heterocycles. The first-order valence-corrected chi connectivity index (χ1v) is 7.55. The number of ether oxygens (including phenoxy) is 2. The molecule has 0 aliphatic rings. The third-order valence-corrected chi connectivity index (χ3v) is 3.52. The predicted molar refractivity (Wildman–Crippen MR) is 86.4 cm³/mol. The van der Waals surface area contributed by atoms with Gasteiger partial charge in [0.05, 0.1) is 0 Å². The van der Waals surface area contributed by atoms with Crippen molar-refractivity contribution >= 4 is 5.91 Å². The normalized spacial score (nSPS) is 11.1. The van der Waals surface area contributed by atoms with E-state index in [2.05, 4.69) is 10.1 Å². The molecule has 1 amide bonds. The molecule has 0 atom stereocenters. The van der Waals surface area contributed by atoms with Gasteiger partial charge in [0.25, 0.3) is 5.91 Å². The first-order valence-electron chi connectivity index (χ1n) is 7.55. The smallest absolute Gasteiger partial charge is 0.484 e. The zero-order chi connectivity index (χ0) is 18.4. The number of halogens is 3. The van der Waals surface area contributed by atoms with Gasteiger partial charge in [-0.15, -0.1) is 13.2 Å². The van der Waals surface area contributed by atoms with Gasteiger partial charge in [-0.1, -0.05) is 24.3 Å². The Hall–Kier alpha value is -2.70. The summed E-state index contributed by atoms with van der Waals surface area (Å²) in [6.07, 6.45) is -4.79. The van der Waals surface area contributed by atoms with Gasteiger partial charge in [-0.05, 0) is 43.2 Å². The van der Waals surface area contributed by atoms with E-state index in [0.29, 0.717) is 5.75 Å². The Labute approximate surface area is 143 Å². The molecule has 2 aromatic carbocycles. The lowest BCUT2D eigenvalue weighted by atomic mass is 10.1. The molecular formula is C18H18F3NO3. The first-order chi connectivity index (χ1) is 11.7. The largest absolute Gasteiger partial charge is 0.573 e. The quantitative estimate of drug-likeness (QED) is 0.857. The van der Waals surface area contributed by atoms with E-state index in [9.17, 15) is 18.0 Å². The minimum Gasteiger partial charge on any atom is -0.484 e. The molecule has 134 valence electrons. The maximum Gasteiger partial charge on any atom is 0.573 e. The number of amides is 1. The highest BCUT2D eigenvalue weighted by atomic mass is 19.4. The van der Waals surface area contributed by atoms with Crippen molar-refractivity contribution in [2.24, 2.45) is 0 Å². The van der Waals surface area contributed by atoms with Crippen LogP contribution in [0.5, 0.6) is 11.5 Å². The average Bonchev–Trinajstić information content (AvgIpc) is 2.54. The molecule has 1 N–H and O–H groups in total. The van der Waals surface area contributed by atoms with Crippen LogP contribution in [0.1, 0.15) is 16.7 Å². The van der Waals surface area contributed by atoms with Gasteiger partial charge in [-0.25, -0.2) is 0 Å². The van der Waals surface area contributed by atoms with Gasteiger partial charge in [-0.3, -0.25) is 4.79 Å². The number of nitrogens with one attached hydrogen (secondary N) is 1. The Bertz CT molecular complexity index is 745. The summed E-state index contributed by atoms with van der Waals surface area (Å²) >= 11 is 0. The molecule has 2 aromatic rings. The average molecular weight is 353 g/mol. The Balaban J connectivity index is 1.89. The molecule has 2 rings (SSSR count). The van der Waals surface area contributed by atoms with Crippen molar-refractivity contribution in [1.82, 2.24) is 5.32 Å². The summed E-state index contributed by atoms with van der Waals surface area (Å²) in [4.78, 5) is 11.8. The number of rotatable bonds is 6. The third-order valence-electron chi connectivity index (χ3n) is 3.52. The predicted octanol–water partition coefficient (Wildman–Crippen LogP) is 3.90. The van der Waals surface area contributed by atoms with Crippen LogP contribution in [0.2, 0.25) is 0 Å². The molecule has 0 spiro atoms. The van der Waals surface area contributed by atoms with E-state index in [0.717, 1.165) is 11.1 Å². The zero-order valence-electron chi connectivity index (χ0n) is 13.8. The standard InChI is InChI=1S/C18H18F3NO3/c1-12-7-8-15(9-13(12)2)24-11-17(23)22-10-14-5-3-4-6-16(14)25-18(19,20)21/h3-9H,10-11H2,1-2H3,(H,22,23). The molecule has 0 unspecified atom stereocenters. The lowest BCUT2D eigenvalue weighted by molar-refractivity contribution is -0.274. The van der Waals surface area contributed by atoms with E-state index in [4.69, 9.17) is 4.74 Å². The number of carbonyl (C=O) groups excluding carboxylic acids is 1. The monoisotopic (exact) mass is 353 g/mol. The van der Waals surface area contributed by atoms with Gasteiger partial charge in [0.2, 0.25) is 0 Å². The fourth-order valence-electron chi connectivity index (χ4n) is 2.07. The molecular weight excluding hydrogens is 335 g/mol. The summed E-state index contributed by atoms with van der Waals surface area (Å²) in [6, 6.07) is 11.1. The van der Waals surface area contributed by atoms with Crippen LogP contribution in [-0.2, 0) is 11.3 Å². The number of benzene rings is 2. The second-order valence-corrected chi connectivity index (χ2v) is 5.47. The second kappa shape index (κ2) is 7.92. The third kappa shape index (κ3) is 6.02. The van der Waals surface area contributed by atoms with Gasteiger partial charge in [-0.2, -0.15) is 0 Å². The van der Waals surface area contributed by atoms with Crippen molar-refractivity contribution in [3.63, 3.8) is 0 Å². The molecule has 0 radical (unpaired) electrons. The van der Waals surface area contributed by atoms with E-state index in [1.807, 2.05) is 26.0 Å². The van der Waals surface area contributed by atoms with Crippen molar-refractivity contribution in [3.8, 4) is 11.5 Å². The van der Waals surface area contributed by atoms with Gasteiger partial charge in [0, 0.05) is 12.1 Å². The summed E-state index contributed by atoms with van der Waals surface area (Å²) in [5.41, 5.74) is 2.37. The van der Waals surface area contributed by atoms with Crippen molar-refractivity contribution in [2.45, 2.75) is 26.8 Å². The Kier molecular flexibility index (Phi) is 5.90. The topological polar surface area (TPSA) is 47.6 Å². The first kappa shape index (κ1) is 18.6. The molecule has 0 heterocycles. The fourth-order valence-corrected chi connectivity index (χ4v) is 2.07. The summed E-state index contributed by atoms with van der Waals surface area (Å²) in [5, 5.41) is 2.51. The van der Waals surface area contributed by atoms with Gasteiger partial charge in [0.15, 0.2) is 6.61 Å². The lowest BCUT2D eigenvalue weighted by Gasteiger charge is -2.14. The van der Waals surface area contributed by atoms with Crippen LogP contribution < -0.4 is 14.8 Å². The molecule has 0 fully saturated rings. The number of para-hydroxylation sites is 1. The highest BCUT2D eigenvalue weighted by molar-refractivity contribution is 5.77. The number of alkyl halides is 3. The Morgan fingerprint density at radius 2 is 1.80 bits per heavy atom. The number of hydrogen-bond acceptors (Lipinski definition) is 3. The molecule has 4 nitrogen and oxygen atoms in total. The number of aryl methyl sites for hydroxylation is 2. The molecule has 0 bridgehead atoms. The lowest BCUT2D eigenvalue weighted by Crippen LogP contribution is -2.29. The minimum atomic E-state index is -4.79. The van der Waals surface area contributed by atoms with Crippen molar-refractivity contribution in [2.75, 3.05) is 6.61 Å². The molecule has 0 aliphatic carbocycles. The molecule has 0 aliphatic heterocycles. The summed E-state index contributed by atoms with van der Waals surface area (Å²) in [6.45, 7) is 3.57.